The van der Waals surface area contributed by atoms with Gasteiger partial charge >= 0.3 is 6.01 Å². The highest BCUT2D eigenvalue weighted by Gasteiger charge is 2.17. The Labute approximate surface area is 167 Å². The van der Waals surface area contributed by atoms with Gasteiger partial charge in [0.2, 0.25) is 11.8 Å². The lowest BCUT2D eigenvalue weighted by Gasteiger charge is -2.33. The first kappa shape index (κ1) is 17.6. The van der Waals surface area contributed by atoms with Crippen molar-refractivity contribution in [2.75, 3.05) is 43.4 Å². The first-order chi connectivity index (χ1) is 14.1. The van der Waals surface area contributed by atoms with Crippen LogP contribution in [0.2, 0.25) is 0 Å². The predicted octanol–water partition coefficient (Wildman–Crippen LogP) is 2.81. The molecule has 1 aromatic carbocycles. The van der Waals surface area contributed by atoms with E-state index in [0.717, 1.165) is 48.6 Å². The maximum Gasteiger partial charge on any atom is 0.322 e. The van der Waals surface area contributed by atoms with Gasteiger partial charge in [0.25, 0.3) is 0 Å². The zero-order valence-corrected chi connectivity index (χ0v) is 16.4. The summed E-state index contributed by atoms with van der Waals surface area (Å²) < 4.78 is 5.72. The average molecular weight is 390 g/mol. The molecule has 148 valence electrons. The minimum atomic E-state index is 0.284. The highest BCUT2D eigenvalue weighted by molar-refractivity contribution is 5.79. The Balaban J connectivity index is 1.34. The molecule has 2 N–H and O–H groups in total. The number of hydrogen-bond donors (Lipinski definition) is 2. The van der Waals surface area contributed by atoms with E-state index in [1.165, 1.54) is 5.56 Å². The van der Waals surface area contributed by atoms with Gasteiger partial charge < -0.3 is 19.2 Å². The van der Waals surface area contributed by atoms with Crippen molar-refractivity contribution >= 4 is 28.8 Å². The first-order valence-corrected chi connectivity index (χ1v) is 9.61. The summed E-state index contributed by atoms with van der Waals surface area (Å²) in [6.07, 6.45) is 1.81. The Bertz CT molecular complexity index is 1130. The minimum Gasteiger partial charge on any atom is -0.403 e. The number of piperazine rings is 1. The molecular formula is C20H22N8O. The van der Waals surface area contributed by atoms with Crippen molar-refractivity contribution in [2.24, 2.45) is 0 Å². The lowest BCUT2D eigenvalue weighted by Crippen LogP contribution is -2.44. The first-order valence-electron chi connectivity index (χ1n) is 9.61. The van der Waals surface area contributed by atoms with Gasteiger partial charge in [-0.1, -0.05) is 22.8 Å². The molecule has 4 aromatic rings. The molecule has 0 saturated carbocycles. The molecule has 0 atom stereocenters. The lowest BCUT2D eigenvalue weighted by atomic mass is 10.1. The molecule has 0 spiro atoms. The van der Waals surface area contributed by atoms with Gasteiger partial charge in [-0.05, 0) is 26.1 Å². The maximum absolute atomic E-state index is 5.72. The summed E-state index contributed by atoms with van der Waals surface area (Å²) in [4.78, 5) is 17.0. The summed E-state index contributed by atoms with van der Waals surface area (Å²) in [5, 5.41) is 11.2. The molecule has 0 radical (unpaired) electrons. The quantitative estimate of drug-likeness (QED) is 0.549. The third kappa shape index (κ3) is 3.64. The number of nitrogens with zero attached hydrogens (tertiary/aromatic N) is 6. The molecule has 1 saturated heterocycles. The monoisotopic (exact) mass is 390 g/mol. The molecule has 3 aromatic heterocycles. The van der Waals surface area contributed by atoms with E-state index in [-0.39, 0.29) is 6.01 Å². The fourth-order valence-electron chi connectivity index (χ4n) is 3.35. The van der Waals surface area contributed by atoms with Crippen molar-refractivity contribution in [1.29, 1.82) is 0 Å². The van der Waals surface area contributed by atoms with E-state index in [4.69, 9.17) is 4.42 Å². The zero-order valence-electron chi connectivity index (χ0n) is 16.4. The van der Waals surface area contributed by atoms with Crippen LogP contribution < -0.4 is 10.2 Å². The van der Waals surface area contributed by atoms with Crippen molar-refractivity contribution in [1.82, 2.24) is 30.0 Å². The van der Waals surface area contributed by atoms with Crippen molar-refractivity contribution in [3.63, 3.8) is 0 Å². The van der Waals surface area contributed by atoms with E-state index >= 15 is 0 Å². The Hall–Kier alpha value is -3.46. The van der Waals surface area contributed by atoms with Crippen molar-refractivity contribution in [2.45, 2.75) is 6.92 Å². The third-order valence-electron chi connectivity index (χ3n) is 5.13. The van der Waals surface area contributed by atoms with Crippen molar-refractivity contribution < 1.29 is 4.42 Å². The van der Waals surface area contributed by atoms with Crippen LogP contribution in [0.15, 0.2) is 40.9 Å². The Morgan fingerprint density at radius 3 is 2.66 bits per heavy atom. The van der Waals surface area contributed by atoms with Gasteiger partial charge in [0.1, 0.15) is 5.82 Å². The van der Waals surface area contributed by atoms with Crippen LogP contribution in [0.4, 0.5) is 17.8 Å². The van der Waals surface area contributed by atoms with E-state index in [9.17, 15) is 0 Å². The molecule has 0 bridgehead atoms. The zero-order chi connectivity index (χ0) is 19.8. The molecule has 0 aliphatic carbocycles. The molecular weight excluding hydrogens is 368 g/mol. The molecule has 29 heavy (non-hydrogen) atoms. The van der Waals surface area contributed by atoms with Crippen LogP contribution in [-0.4, -0.2) is 63.3 Å². The number of pyridine rings is 1. The average Bonchev–Trinajstić information content (AvgIpc) is 3.35. The summed E-state index contributed by atoms with van der Waals surface area (Å²) in [5.74, 6) is 1.95. The summed E-state index contributed by atoms with van der Waals surface area (Å²) in [6, 6.07) is 10.2. The second kappa shape index (κ2) is 7.17. The standard InChI is InChI=1S/C20H22N8O/c1-13-3-5-14(6-4-13)18-25-26-20(29-18)24-19-22-15-11-17(21-12-16(15)23-19)28-9-7-27(2)8-10-28/h3-6,11-12H,7-10H2,1-2H3,(H2,22,23,24,26). The number of benzene rings is 1. The predicted molar refractivity (Wildman–Crippen MR) is 111 cm³/mol. The highest BCUT2D eigenvalue weighted by atomic mass is 16.4. The van der Waals surface area contributed by atoms with E-state index in [1.54, 1.807) is 0 Å². The number of likely N-dealkylation sites (N-methyl/N-ethyl adjacent to an activating group) is 1. The highest BCUT2D eigenvalue weighted by Crippen LogP contribution is 2.24. The summed E-state index contributed by atoms with van der Waals surface area (Å²) in [5.41, 5.74) is 3.75. The normalized spacial score (nSPS) is 15.2. The molecule has 1 aliphatic heterocycles. The number of rotatable bonds is 4. The minimum absolute atomic E-state index is 0.284. The lowest BCUT2D eigenvalue weighted by molar-refractivity contribution is 0.312. The van der Waals surface area contributed by atoms with Crippen LogP contribution in [0.3, 0.4) is 0 Å². The Morgan fingerprint density at radius 1 is 1.07 bits per heavy atom. The van der Waals surface area contributed by atoms with E-state index in [2.05, 4.69) is 47.3 Å². The van der Waals surface area contributed by atoms with Crippen LogP contribution in [0.25, 0.3) is 22.5 Å². The number of fused-ring (bicyclic) bond motifs is 1. The number of H-pyrrole nitrogens is 1. The second-order valence-electron chi connectivity index (χ2n) is 7.34. The number of hydrogen-bond acceptors (Lipinski definition) is 8. The molecule has 0 amide bonds. The van der Waals surface area contributed by atoms with Gasteiger partial charge in [0, 0.05) is 37.8 Å². The van der Waals surface area contributed by atoms with Gasteiger partial charge in [-0.3, -0.25) is 5.32 Å². The van der Waals surface area contributed by atoms with Crippen LogP contribution in [0.5, 0.6) is 0 Å². The smallest absolute Gasteiger partial charge is 0.322 e. The summed E-state index contributed by atoms with van der Waals surface area (Å²) in [6.45, 7) is 6.04. The maximum atomic E-state index is 5.72. The fraction of sp³-hybridized carbons (Fsp3) is 0.300. The van der Waals surface area contributed by atoms with Crippen LogP contribution in [-0.2, 0) is 0 Å². The molecule has 9 heteroatoms. The van der Waals surface area contributed by atoms with Crippen molar-refractivity contribution in [3.8, 4) is 11.5 Å². The Kier molecular flexibility index (Phi) is 4.36. The number of imidazole rings is 1. The number of aromatic nitrogens is 5. The van der Waals surface area contributed by atoms with E-state index in [0.29, 0.717) is 11.8 Å². The van der Waals surface area contributed by atoms with Gasteiger partial charge in [0.15, 0.2) is 0 Å². The number of aromatic amines is 1. The van der Waals surface area contributed by atoms with Gasteiger partial charge in [-0.15, -0.1) is 5.10 Å². The van der Waals surface area contributed by atoms with Crippen LogP contribution >= 0.6 is 0 Å². The molecule has 0 unspecified atom stereocenters. The van der Waals surface area contributed by atoms with Crippen molar-refractivity contribution in [3.05, 3.63) is 42.1 Å². The van der Waals surface area contributed by atoms with Crippen LogP contribution in [0.1, 0.15) is 5.56 Å². The van der Waals surface area contributed by atoms with Gasteiger partial charge in [-0.25, -0.2) is 9.97 Å². The molecule has 1 aliphatic rings. The largest absolute Gasteiger partial charge is 0.403 e. The fourth-order valence-corrected chi connectivity index (χ4v) is 3.35. The topological polar surface area (TPSA) is 99.0 Å². The Morgan fingerprint density at radius 2 is 1.86 bits per heavy atom. The SMILES string of the molecule is Cc1ccc(-c2nnc(Nc3nc4cc(N5CCN(C)CC5)ncc4[nH]3)o2)cc1. The molecule has 4 heterocycles. The van der Waals surface area contributed by atoms with Gasteiger partial charge in [0.05, 0.1) is 17.2 Å². The number of anilines is 3. The van der Waals surface area contributed by atoms with Crippen LogP contribution in [0, 0.1) is 6.92 Å². The summed E-state index contributed by atoms with van der Waals surface area (Å²) in [7, 11) is 2.14. The second-order valence-corrected chi connectivity index (χ2v) is 7.34. The molecule has 1 fully saturated rings. The number of aryl methyl sites for hydroxylation is 1. The third-order valence-corrected chi connectivity index (χ3v) is 5.13. The van der Waals surface area contributed by atoms with E-state index < -0.39 is 0 Å². The molecule has 5 rings (SSSR count). The van der Waals surface area contributed by atoms with E-state index in [1.807, 2.05) is 43.5 Å². The molecule has 9 nitrogen and oxygen atoms in total. The summed E-state index contributed by atoms with van der Waals surface area (Å²) >= 11 is 0. The van der Waals surface area contributed by atoms with Gasteiger partial charge in [-0.2, -0.15) is 0 Å². The number of nitrogens with one attached hydrogen (secondary N) is 2.